The lowest BCUT2D eigenvalue weighted by atomic mass is 10.00. The van der Waals surface area contributed by atoms with E-state index >= 15 is 0 Å². The highest BCUT2D eigenvalue weighted by Crippen LogP contribution is 2.18. The van der Waals surface area contributed by atoms with Crippen LogP contribution in [0.1, 0.15) is 6.92 Å². The maximum Gasteiger partial charge on any atom is 0.0519 e. The summed E-state index contributed by atoms with van der Waals surface area (Å²) in [5.41, 5.74) is 0. The molecule has 1 N–H and O–H groups in total. The predicted octanol–water partition coefficient (Wildman–Crippen LogP) is 0.261. The second kappa shape index (κ2) is 2.46. The summed E-state index contributed by atoms with van der Waals surface area (Å²) in [5, 5.41) is 8.66. The number of hydrogen-bond acceptors (Lipinski definition) is 2. The first kappa shape index (κ1) is 6.05. The third kappa shape index (κ3) is 1.01. The molecule has 0 bridgehead atoms. The highest BCUT2D eigenvalue weighted by Gasteiger charge is 2.22. The van der Waals surface area contributed by atoms with Crippen LogP contribution in [-0.2, 0) is 4.74 Å². The molecule has 2 atom stereocenters. The van der Waals surface area contributed by atoms with Gasteiger partial charge in [0.25, 0.3) is 0 Å². The summed E-state index contributed by atoms with van der Waals surface area (Å²) in [6.45, 7) is 3.96. The Morgan fingerprint density at radius 1 is 1.62 bits per heavy atom. The molecule has 0 radical (unpaired) electrons. The minimum atomic E-state index is 0.279. The Balaban J connectivity index is 2.30. The van der Waals surface area contributed by atoms with Crippen LogP contribution in [0.25, 0.3) is 0 Å². The molecule has 48 valence electrons. The largest absolute Gasteiger partial charge is 0.396 e. The summed E-state index contributed by atoms with van der Waals surface area (Å²) in [5.74, 6) is 0.954. The Kier molecular flexibility index (Phi) is 1.86. The van der Waals surface area contributed by atoms with Crippen LogP contribution in [0.15, 0.2) is 0 Å². The van der Waals surface area contributed by atoms with Crippen LogP contribution in [0.3, 0.4) is 0 Å². The number of aliphatic hydroxyl groups is 1. The molecule has 1 fully saturated rings. The van der Waals surface area contributed by atoms with Crippen molar-refractivity contribution in [1.82, 2.24) is 0 Å². The monoisotopic (exact) mass is 116 g/mol. The Morgan fingerprint density at radius 2 is 2.38 bits per heavy atom. The lowest BCUT2D eigenvalue weighted by molar-refractivity contribution is 0.160. The maximum absolute atomic E-state index is 8.66. The quantitative estimate of drug-likeness (QED) is 0.532. The van der Waals surface area contributed by atoms with Gasteiger partial charge in [-0.1, -0.05) is 6.92 Å². The first-order valence-electron chi connectivity index (χ1n) is 3.03. The third-order valence-electron chi connectivity index (χ3n) is 1.75. The average molecular weight is 116 g/mol. The van der Waals surface area contributed by atoms with Crippen molar-refractivity contribution < 1.29 is 9.84 Å². The van der Waals surface area contributed by atoms with E-state index in [1.807, 2.05) is 0 Å². The van der Waals surface area contributed by atoms with E-state index in [9.17, 15) is 0 Å². The van der Waals surface area contributed by atoms with Gasteiger partial charge in [-0.2, -0.15) is 0 Å². The van der Waals surface area contributed by atoms with Crippen molar-refractivity contribution in [2.75, 3.05) is 19.8 Å². The molecule has 0 aromatic rings. The molecular formula is C6H12O2. The fourth-order valence-corrected chi connectivity index (χ4v) is 0.938. The van der Waals surface area contributed by atoms with Crippen LogP contribution in [0.5, 0.6) is 0 Å². The fourth-order valence-electron chi connectivity index (χ4n) is 0.938. The summed E-state index contributed by atoms with van der Waals surface area (Å²) in [6, 6.07) is 0. The molecule has 1 saturated heterocycles. The lowest BCUT2D eigenvalue weighted by Gasteiger charge is -2.06. The molecular weight excluding hydrogens is 104 g/mol. The number of ether oxygens (including phenoxy) is 1. The average Bonchev–Trinajstić information content (AvgIpc) is 2.14. The Labute approximate surface area is 49.5 Å². The Morgan fingerprint density at radius 3 is 2.62 bits per heavy atom. The van der Waals surface area contributed by atoms with Gasteiger partial charge in [0, 0.05) is 19.1 Å². The van der Waals surface area contributed by atoms with E-state index in [1.165, 1.54) is 0 Å². The molecule has 1 rings (SSSR count). The van der Waals surface area contributed by atoms with Crippen LogP contribution < -0.4 is 0 Å². The molecule has 1 aliphatic heterocycles. The fraction of sp³-hybridized carbons (Fsp3) is 1.00. The van der Waals surface area contributed by atoms with E-state index in [1.54, 1.807) is 0 Å². The molecule has 2 nitrogen and oxygen atoms in total. The SMILES string of the molecule is C[C@H]1COC[C@H]1CO. The molecule has 0 spiro atoms. The molecule has 0 aliphatic carbocycles. The second-order valence-electron chi connectivity index (χ2n) is 2.46. The zero-order chi connectivity index (χ0) is 5.98. The number of hydrogen-bond donors (Lipinski definition) is 1. The van der Waals surface area contributed by atoms with Gasteiger partial charge in [0.2, 0.25) is 0 Å². The van der Waals surface area contributed by atoms with Gasteiger partial charge >= 0.3 is 0 Å². The van der Waals surface area contributed by atoms with Gasteiger partial charge in [-0.05, 0) is 5.92 Å². The van der Waals surface area contributed by atoms with Crippen LogP contribution in [0.2, 0.25) is 0 Å². The van der Waals surface area contributed by atoms with Crippen LogP contribution in [0.4, 0.5) is 0 Å². The van der Waals surface area contributed by atoms with Crippen molar-refractivity contribution in [3.05, 3.63) is 0 Å². The number of rotatable bonds is 1. The number of aliphatic hydroxyl groups excluding tert-OH is 1. The molecule has 0 saturated carbocycles. The molecule has 8 heavy (non-hydrogen) atoms. The smallest absolute Gasteiger partial charge is 0.0519 e. The van der Waals surface area contributed by atoms with Crippen molar-refractivity contribution >= 4 is 0 Å². The third-order valence-corrected chi connectivity index (χ3v) is 1.75. The summed E-state index contributed by atoms with van der Waals surface area (Å²) < 4.78 is 5.10. The highest BCUT2D eigenvalue weighted by atomic mass is 16.5. The van der Waals surface area contributed by atoms with E-state index in [0.717, 1.165) is 13.2 Å². The van der Waals surface area contributed by atoms with E-state index in [-0.39, 0.29) is 6.61 Å². The standard InChI is InChI=1S/C6H12O2/c1-5-3-8-4-6(5)2-7/h5-7H,2-4H2,1H3/t5-,6+/m0/s1. The molecule has 0 unspecified atom stereocenters. The Hall–Kier alpha value is -0.0800. The van der Waals surface area contributed by atoms with E-state index in [2.05, 4.69) is 6.92 Å². The van der Waals surface area contributed by atoms with Crippen molar-refractivity contribution in [3.63, 3.8) is 0 Å². The summed E-state index contributed by atoms with van der Waals surface area (Å²) in [4.78, 5) is 0. The summed E-state index contributed by atoms with van der Waals surface area (Å²) in [6.07, 6.45) is 0. The van der Waals surface area contributed by atoms with E-state index < -0.39 is 0 Å². The zero-order valence-electron chi connectivity index (χ0n) is 5.13. The summed E-state index contributed by atoms with van der Waals surface area (Å²) in [7, 11) is 0. The van der Waals surface area contributed by atoms with E-state index in [4.69, 9.17) is 9.84 Å². The minimum Gasteiger partial charge on any atom is -0.396 e. The van der Waals surface area contributed by atoms with Crippen LogP contribution in [0, 0.1) is 11.8 Å². The maximum atomic E-state index is 8.66. The first-order valence-corrected chi connectivity index (χ1v) is 3.03. The van der Waals surface area contributed by atoms with Gasteiger partial charge in [0.1, 0.15) is 0 Å². The summed E-state index contributed by atoms with van der Waals surface area (Å²) >= 11 is 0. The van der Waals surface area contributed by atoms with Gasteiger partial charge in [0.15, 0.2) is 0 Å². The van der Waals surface area contributed by atoms with Gasteiger partial charge in [-0.3, -0.25) is 0 Å². The topological polar surface area (TPSA) is 29.5 Å². The molecule has 1 aliphatic rings. The molecule has 1 heterocycles. The van der Waals surface area contributed by atoms with Crippen LogP contribution >= 0.6 is 0 Å². The molecule has 0 aromatic carbocycles. The van der Waals surface area contributed by atoms with Gasteiger partial charge in [0.05, 0.1) is 6.61 Å². The lowest BCUT2D eigenvalue weighted by Crippen LogP contribution is -2.12. The minimum absolute atomic E-state index is 0.279. The van der Waals surface area contributed by atoms with Crippen LogP contribution in [-0.4, -0.2) is 24.9 Å². The Bertz CT molecular complexity index is 72.9. The van der Waals surface area contributed by atoms with Gasteiger partial charge in [-0.15, -0.1) is 0 Å². The van der Waals surface area contributed by atoms with Crippen molar-refractivity contribution in [2.45, 2.75) is 6.92 Å². The van der Waals surface area contributed by atoms with Crippen molar-refractivity contribution in [1.29, 1.82) is 0 Å². The normalized spacial score (nSPS) is 38.2. The van der Waals surface area contributed by atoms with Crippen molar-refractivity contribution in [3.8, 4) is 0 Å². The molecule has 0 amide bonds. The van der Waals surface area contributed by atoms with Gasteiger partial charge < -0.3 is 9.84 Å². The highest BCUT2D eigenvalue weighted by molar-refractivity contribution is 4.69. The molecule has 0 aromatic heterocycles. The van der Waals surface area contributed by atoms with Crippen molar-refractivity contribution in [2.24, 2.45) is 11.8 Å². The van der Waals surface area contributed by atoms with E-state index in [0.29, 0.717) is 11.8 Å². The predicted molar refractivity (Wildman–Crippen MR) is 30.6 cm³/mol. The first-order chi connectivity index (χ1) is 3.84. The second-order valence-corrected chi connectivity index (χ2v) is 2.46. The van der Waals surface area contributed by atoms with Gasteiger partial charge in [-0.25, -0.2) is 0 Å². The molecule has 2 heteroatoms. The zero-order valence-corrected chi connectivity index (χ0v) is 5.13.